The van der Waals surface area contributed by atoms with E-state index >= 15 is 0 Å². The van der Waals surface area contributed by atoms with E-state index in [4.69, 9.17) is 4.74 Å². The molecule has 1 unspecified atom stereocenters. The summed E-state index contributed by atoms with van der Waals surface area (Å²) in [5.74, 6) is 1.16. The van der Waals surface area contributed by atoms with Crippen molar-refractivity contribution in [1.29, 1.82) is 0 Å². The quantitative estimate of drug-likeness (QED) is 0.723. The lowest BCUT2D eigenvalue weighted by molar-refractivity contribution is 0.0972. The molecule has 0 aliphatic rings. The van der Waals surface area contributed by atoms with Gasteiger partial charge in [0.25, 0.3) is 0 Å². The van der Waals surface area contributed by atoms with Crippen molar-refractivity contribution in [1.82, 2.24) is 0 Å². The van der Waals surface area contributed by atoms with Gasteiger partial charge in [-0.2, -0.15) is 0 Å². The monoisotopic (exact) mass is 268 g/mol. The number of benzene rings is 2. The average Bonchev–Trinajstić information content (AvgIpc) is 2.53. The molecule has 1 atom stereocenters. The van der Waals surface area contributed by atoms with Crippen molar-refractivity contribution < 1.29 is 9.53 Å². The zero-order chi connectivity index (χ0) is 14.4. The summed E-state index contributed by atoms with van der Waals surface area (Å²) in [7, 11) is 1.61. The second-order valence-corrected chi connectivity index (χ2v) is 4.88. The van der Waals surface area contributed by atoms with Crippen molar-refractivity contribution in [2.24, 2.45) is 0 Å². The van der Waals surface area contributed by atoms with Crippen molar-refractivity contribution in [2.75, 3.05) is 7.11 Å². The molecule has 0 heterocycles. The van der Waals surface area contributed by atoms with Gasteiger partial charge in [0.05, 0.1) is 7.11 Å². The van der Waals surface area contributed by atoms with E-state index in [1.165, 1.54) is 5.56 Å². The SMILES string of the molecule is CCC(CC(=O)c1cccc(OC)c1)c1ccccc1. The first-order valence-corrected chi connectivity index (χ1v) is 6.96. The van der Waals surface area contributed by atoms with Gasteiger partial charge >= 0.3 is 0 Å². The molecule has 0 saturated heterocycles. The van der Waals surface area contributed by atoms with Crippen LogP contribution in [0, 0.1) is 0 Å². The van der Waals surface area contributed by atoms with E-state index in [-0.39, 0.29) is 11.7 Å². The lowest BCUT2D eigenvalue weighted by Gasteiger charge is -2.14. The minimum absolute atomic E-state index is 0.166. The molecule has 0 aromatic heterocycles. The fourth-order valence-corrected chi connectivity index (χ4v) is 2.36. The molecular weight excluding hydrogens is 248 g/mol. The molecule has 2 rings (SSSR count). The van der Waals surface area contributed by atoms with Crippen LogP contribution in [0.1, 0.15) is 41.6 Å². The molecule has 0 fully saturated rings. The van der Waals surface area contributed by atoms with Crippen molar-refractivity contribution in [2.45, 2.75) is 25.7 Å². The van der Waals surface area contributed by atoms with Gasteiger partial charge in [0.2, 0.25) is 0 Å². The Hall–Kier alpha value is -2.09. The summed E-state index contributed by atoms with van der Waals surface area (Å²) in [5, 5.41) is 0. The van der Waals surface area contributed by atoms with E-state index in [1.54, 1.807) is 13.2 Å². The normalized spacial score (nSPS) is 11.9. The molecule has 0 amide bonds. The largest absolute Gasteiger partial charge is 0.497 e. The molecule has 0 N–H and O–H groups in total. The summed E-state index contributed by atoms with van der Waals surface area (Å²) in [6, 6.07) is 17.6. The molecule has 20 heavy (non-hydrogen) atoms. The third kappa shape index (κ3) is 3.47. The van der Waals surface area contributed by atoms with E-state index < -0.39 is 0 Å². The molecule has 0 bridgehead atoms. The molecule has 0 radical (unpaired) electrons. The Morgan fingerprint density at radius 1 is 1.10 bits per heavy atom. The molecule has 0 aliphatic heterocycles. The van der Waals surface area contributed by atoms with Gasteiger partial charge in [0, 0.05) is 12.0 Å². The first-order chi connectivity index (χ1) is 9.74. The lowest BCUT2D eigenvalue weighted by atomic mass is 9.89. The second kappa shape index (κ2) is 6.90. The van der Waals surface area contributed by atoms with E-state index in [0.29, 0.717) is 6.42 Å². The molecule has 2 heteroatoms. The van der Waals surface area contributed by atoms with Gasteiger partial charge in [-0.15, -0.1) is 0 Å². The number of ketones is 1. The topological polar surface area (TPSA) is 26.3 Å². The van der Waals surface area contributed by atoms with Gasteiger partial charge in [-0.25, -0.2) is 0 Å². The minimum Gasteiger partial charge on any atom is -0.497 e. The Morgan fingerprint density at radius 3 is 2.50 bits per heavy atom. The highest BCUT2D eigenvalue weighted by atomic mass is 16.5. The summed E-state index contributed by atoms with van der Waals surface area (Å²) in [6.45, 7) is 2.12. The number of carbonyl (C=O) groups is 1. The zero-order valence-electron chi connectivity index (χ0n) is 12.0. The Balaban J connectivity index is 2.13. The van der Waals surface area contributed by atoms with Crippen LogP contribution < -0.4 is 4.74 Å². The number of ether oxygens (including phenoxy) is 1. The van der Waals surface area contributed by atoms with Crippen LogP contribution >= 0.6 is 0 Å². The first-order valence-electron chi connectivity index (χ1n) is 6.96. The number of hydrogen-bond acceptors (Lipinski definition) is 2. The van der Waals surface area contributed by atoms with Crippen LogP contribution in [-0.4, -0.2) is 12.9 Å². The summed E-state index contributed by atoms with van der Waals surface area (Å²) >= 11 is 0. The highest BCUT2D eigenvalue weighted by molar-refractivity contribution is 5.96. The minimum atomic E-state index is 0.166. The predicted molar refractivity (Wildman–Crippen MR) is 81.4 cm³/mol. The van der Waals surface area contributed by atoms with E-state index in [9.17, 15) is 4.79 Å². The number of rotatable bonds is 6. The summed E-state index contributed by atoms with van der Waals surface area (Å²) in [4.78, 5) is 12.4. The Bertz CT molecular complexity index is 561. The molecule has 104 valence electrons. The molecule has 2 aromatic carbocycles. The van der Waals surface area contributed by atoms with Gasteiger partial charge in [-0.3, -0.25) is 4.79 Å². The number of hydrogen-bond donors (Lipinski definition) is 0. The third-order valence-electron chi connectivity index (χ3n) is 3.59. The summed E-state index contributed by atoms with van der Waals surface area (Å²) in [6.07, 6.45) is 1.49. The molecule has 0 aliphatic carbocycles. The number of methoxy groups -OCH3 is 1. The van der Waals surface area contributed by atoms with E-state index in [2.05, 4.69) is 19.1 Å². The van der Waals surface area contributed by atoms with Crippen LogP contribution in [0.15, 0.2) is 54.6 Å². The fraction of sp³-hybridized carbons (Fsp3) is 0.278. The van der Waals surface area contributed by atoms with Gasteiger partial charge in [-0.1, -0.05) is 49.4 Å². The van der Waals surface area contributed by atoms with Crippen molar-refractivity contribution in [3.05, 3.63) is 65.7 Å². The smallest absolute Gasteiger partial charge is 0.163 e. The fourth-order valence-electron chi connectivity index (χ4n) is 2.36. The lowest BCUT2D eigenvalue weighted by Crippen LogP contribution is -2.07. The van der Waals surface area contributed by atoms with Gasteiger partial charge in [0.1, 0.15) is 5.75 Å². The number of carbonyl (C=O) groups excluding carboxylic acids is 1. The third-order valence-corrected chi connectivity index (χ3v) is 3.59. The first kappa shape index (κ1) is 14.3. The van der Waals surface area contributed by atoms with Crippen LogP contribution in [0.4, 0.5) is 0 Å². The van der Waals surface area contributed by atoms with Gasteiger partial charge in [-0.05, 0) is 30.0 Å². The van der Waals surface area contributed by atoms with E-state index in [1.807, 2.05) is 36.4 Å². The standard InChI is InChI=1S/C18H20O2/c1-3-14(15-8-5-4-6-9-15)13-18(19)16-10-7-11-17(12-16)20-2/h4-12,14H,3,13H2,1-2H3. The maximum atomic E-state index is 12.4. The molecule has 0 spiro atoms. The molecular formula is C18H20O2. The van der Waals surface area contributed by atoms with Gasteiger partial charge < -0.3 is 4.74 Å². The van der Waals surface area contributed by atoms with Crippen LogP contribution in [0.25, 0.3) is 0 Å². The predicted octanol–water partition coefficient (Wildman–Crippen LogP) is 4.46. The molecule has 2 nitrogen and oxygen atoms in total. The highest BCUT2D eigenvalue weighted by Gasteiger charge is 2.15. The summed E-state index contributed by atoms with van der Waals surface area (Å²) in [5.41, 5.74) is 1.95. The summed E-state index contributed by atoms with van der Waals surface area (Å²) < 4.78 is 5.17. The maximum absolute atomic E-state index is 12.4. The Labute approximate surface area is 120 Å². The van der Waals surface area contributed by atoms with Crippen LogP contribution in [0.3, 0.4) is 0 Å². The number of Topliss-reactive ketones (excluding diaryl/α,β-unsaturated/α-hetero) is 1. The zero-order valence-corrected chi connectivity index (χ0v) is 12.0. The van der Waals surface area contributed by atoms with Crippen LogP contribution in [0.2, 0.25) is 0 Å². The second-order valence-electron chi connectivity index (χ2n) is 4.88. The molecule has 0 saturated carbocycles. The van der Waals surface area contributed by atoms with Crippen LogP contribution in [0.5, 0.6) is 5.75 Å². The average molecular weight is 268 g/mol. The molecule has 2 aromatic rings. The highest BCUT2D eigenvalue weighted by Crippen LogP contribution is 2.25. The Kier molecular flexibility index (Phi) is 4.94. The van der Waals surface area contributed by atoms with Crippen LogP contribution in [-0.2, 0) is 0 Å². The van der Waals surface area contributed by atoms with Crippen molar-refractivity contribution in [3.8, 4) is 5.75 Å². The Morgan fingerprint density at radius 2 is 1.85 bits per heavy atom. The van der Waals surface area contributed by atoms with Crippen molar-refractivity contribution >= 4 is 5.78 Å². The van der Waals surface area contributed by atoms with Gasteiger partial charge in [0.15, 0.2) is 5.78 Å². The van der Waals surface area contributed by atoms with E-state index in [0.717, 1.165) is 17.7 Å². The van der Waals surface area contributed by atoms with Crippen molar-refractivity contribution in [3.63, 3.8) is 0 Å². The maximum Gasteiger partial charge on any atom is 0.163 e.